The quantitative estimate of drug-likeness (QED) is 0.0323. The molecule has 0 aromatic rings. The molecule has 6 nitrogen and oxygen atoms in total. The fourth-order valence-corrected chi connectivity index (χ4v) is 7.21. The molecule has 1 amide bonds. The summed E-state index contributed by atoms with van der Waals surface area (Å²) in [6, 6.07) is -0.714. The molecule has 0 fully saturated rings. The van der Waals surface area contributed by atoms with Gasteiger partial charge < -0.3 is 20.3 Å². The Morgan fingerprint density at radius 3 is 1.40 bits per heavy atom. The third-order valence-electron chi connectivity index (χ3n) is 11.0. The largest absolute Gasteiger partial charge is 0.462 e. The van der Waals surface area contributed by atoms with Crippen molar-refractivity contribution in [3.8, 4) is 0 Å². The molecule has 0 aliphatic heterocycles. The van der Waals surface area contributed by atoms with Crippen molar-refractivity contribution in [2.24, 2.45) is 0 Å². The monoisotopic (exact) mass is 838 g/mol. The third kappa shape index (κ3) is 42.0. The maximum absolute atomic E-state index is 13.2. The maximum atomic E-state index is 13.2. The molecule has 3 unspecified atom stereocenters. The number of rotatable bonds is 44. The average molecular weight is 838 g/mol. The predicted octanol–water partition coefficient (Wildman–Crippen LogP) is 15.0. The number of aliphatic hydroxyl groups excluding tert-OH is 2. The van der Waals surface area contributed by atoms with E-state index in [4.69, 9.17) is 4.74 Å². The van der Waals surface area contributed by atoms with Gasteiger partial charge in [-0.2, -0.15) is 0 Å². The highest BCUT2D eigenvalue weighted by atomic mass is 16.5. The SMILES string of the molecule is CC/C=C/C/C=C/C/C=C/C/C=C/CCCCCC(=O)OC(CCCCCCC/C=C\C/C=C\CCCCC)CC(=O)NC(CO)C(O)CCCCCCCCCCCC. The minimum Gasteiger partial charge on any atom is -0.462 e. The Hall–Kier alpha value is -2.70. The van der Waals surface area contributed by atoms with E-state index in [1.54, 1.807) is 0 Å². The summed E-state index contributed by atoms with van der Waals surface area (Å²) in [4.78, 5) is 26.1. The molecule has 0 aliphatic rings. The molecule has 346 valence electrons. The predicted molar refractivity (Wildman–Crippen MR) is 259 cm³/mol. The van der Waals surface area contributed by atoms with Gasteiger partial charge in [-0.1, -0.05) is 196 Å². The van der Waals surface area contributed by atoms with Crippen LogP contribution in [0, 0.1) is 0 Å². The first-order valence-electron chi connectivity index (χ1n) is 25.2. The van der Waals surface area contributed by atoms with E-state index in [-0.39, 0.29) is 24.9 Å². The van der Waals surface area contributed by atoms with Gasteiger partial charge in [0, 0.05) is 6.42 Å². The Balaban J connectivity index is 4.69. The number of carbonyl (C=O) groups is 2. The number of esters is 1. The molecule has 3 N–H and O–H groups in total. The third-order valence-corrected chi connectivity index (χ3v) is 11.0. The van der Waals surface area contributed by atoms with E-state index in [1.165, 1.54) is 77.0 Å². The van der Waals surface area contributed by atoms with Crippen molar-refractivity contribution >= 4 is 11.9 Å². The van der Waals surface area contributed by atoms with Crippen molar-refractivity contribution in [3.63, 3.8) is 0 Å². The van der Waals surface area contributed by atoms with Crippen LogP contribution in [0.5, 0.6) is 0 Å². The molecule has 0 spiro atoms. The molecule has 0 rings (SSSR count). The number of hydrogen-bond acceptors (Lipinski definition) is 5. The topological polar surface area (TPSA) is 95.9 Å². The molecule has 60 heavy (non-hydrogen) atoms. The minimum absolute atomic E-state index is 0.0525. The summed E-state index contributed by atoms with van der Waals surface area (Å²) in [7, 11) is 0. The lowest BCUT2D eigenvalue weighted by atomic mass is 10.0. The summed E-state index contributed by atoms with van der Waals surface area (Å²) in [6.07, 6.45) is 59.6. The summed E-state index contributed by atoms with van der Waals surface area (Å²) in [5.74, 6) is -0.527. The molecular weight excluding hydrogens is 743 g/mol. The van der Waals surface area contributed by atoms with Crippen LogP contribution in [0.3, 0.4) is 0 Å². The number of aliphatic hydroxyl groups is 2. The van der Waals surface area contributed by atoms with Crippen molar-refractivity contribution in [2.75, 3.05) is 6.61 Å². The zero-order chi connectivity index (χ0) is 43.8. The van der Waals surface area contributed by atoms with Gasteiger partial charge in [0.15, 0.2) is 0 Å². The number of unbranched alkanes of at least 4 members (excludes halogenated alkanes) is 20. The van der Waals surface area contributed by atoms with Crippen LogP contribution in [0.1, 0.15) is 233 Å². The lowest BCUT2D eigenvalue weighted by Crippen LogP contribution is -2.46. The number of carbonyl (C=O) groups excluding carboxylic acids is 2. The number of allylic oxidation sites excluding steroid dienone is 12. The molecule has 0 heterocycles. The van der Waals surface area contributed by atoms with Gasteiger partial charge in [-0.15, -0.1) is 0 Å². The number of hydrogen-bond donors (Lipinski definition) is 3. The van der Waals surface area contributed by atoms with Crippen molar-refractivity contribution in [1.82, 2.24) is 5.32 Å². The minimum atomic E-state index is -0.799. The molecule has 0 bridgehead atoms. The zero-order valence-corrected chi connectivity index (χ0v) is 39.3. The Bertz CT molecular complexity index is 1120. The Kier molecular flexibility index (Phi) is 45.2. The number of amides is 1. The van der Waals surface area contributed by atoms with Crippen molar-refractivity contribution in [3.05, 3.63) is 72.9 Å². The first kappa shape index (κ1) is 57.3. The first-order valence-corrected chi connectivity index (χ1v) is 25.2. The molecular formula is C54H95NO5. The first-order chi connectivity index (χ1) is 29.5. The molecule has 0 saturated heterocycles. The van der Waals surface area contributed by atoms with Crippen LogP contribution in [0.2, 0.25) is 0 Å². The Morgan fingerprint density at radius 1 is 0.500 bits per heavy atom. The van der Waals surface area contributed by atoms with Crippen LogP contribution in [-0.2, 0) is 14.3 Å². The molecule has 0 saturated carbocycles. The molecule has 0 radical (unpaired) electrons. The standard InChI is InChI=1S/C54H95NO5/c1-4-7-10-13-16-19-22-24-26-28-30-32-35-38-41-44-47-54(59)60-50(45-42-39-36-33-31-29-27-25-23-20-17-14-11-8-5-2)48-53(58)55-51(49-56)52(57)46-43-40-37-34-21-18-15-12-9-6-3/h7,10,16-17,19-20,24-27,30,32,50-52,56-57H,4-6,8-9,11-15,18,21-23,28-29,31,33-49H2,1-3H3,(H,55,58)/b10-7+,19-16+,20-17-,26-24+,27-25-,32-30+. The van der Waals surface area contributed by atoms with Crippen LogP contribution in [0.15, 0.2) is 72.9 Å². The highest BCUT2D eigenvalue weighted by Crippen LogP contribution is 2.17. The van der Waals surface area contributed by atoms with E-state index < -0.39 is 18.2 Å². The highest BCUT2D eigenvalue weighted by Gasteiger charge is 2.24. The van der Waals surface area contributed by atoms with E-state index >= 15 is 0 Å². The molecule has 3 atom stereocenters. The van der Waals surface area contributed by atoms with Gasteiger partial charge in [0.25, 0.3) is 0 Å². The van der Waals surface area contributed by atoms with Gasteiger partial charge >= 0.3 is 5.97 Å². The summed E-state index contributed by atoms with van der Waals surface area (Å²) in [5.41, 5.74) is 0. The number of ether oxygens (including phenoxy) is 1. The fourth-order valence-electron chi connectivity index (χ4n) is 7.21. The molecule has 0 aliphatic carbocycles. The smallest absolute Gasteiger partial charge is 0.306 e. The second-order valence-electron chi connectivity index (χ2n) is 16.8. The van der Waals surface area contributed by atoms with Crippen LogP contribution >= 0.6 is 0 Å². The second-order valence-corrected chi connectivity index (χ2v) is 16.8. The summed E-state index contributed by atoms with van der Waals surface area (Å²) in [5, 5.41) is 23.7. The van der Waals surface area contributed by atoms with Gasteiger partial charge in [0.05, 0.1) is 25.2 Å². The van der Waals surface area contributed by atoms with E-state index in [0.29, 0.717) is 19.3 Å². The van der Waals surface area contributed by atoms with Gasteiger partial charge in [0.1, 0.15) is 6.10 Å². The Morgan fingerprint density at radius 2 is 0.900 bits per heavy atom. The van der Waals surface area contributed by atoms with Gasteiger partial charge in [-0.3, -0.25) is 9.59 Å². The zero-order valence-electron chi connectivity index (χ0n) is 39.3. The van der Waals surface area contributed by atoms with Crippen molar-refractivity contribution in [1.29, 1.82) is 0 Å². The van der Waals surface area contributed by atoms with Crippen molar-refractivity contribution < 1.29 is 24.5 Å². The van der Waals surface area contributed by atoms with E-state index in [2.05, 4.69) is 99.0 Å². The fraction of sp³-hybridized carbons (Fsp3) is 0.741. The summed E-state index contributed by atoms with van der Waals surface area (Å²) in [6.45, 7) is 6.31. The van der Waals surface area contributed by atoms with E-state index in [1.807, 2.05) is 0 Å². The van der Waals surface area contributed by atoms with Gasteiger partial charge in [-0.05, 0) is 96.3 Å². The summed E-state index contributed by atoms with van der Waals surface area (Å²) >= 11 is 0. The van der Waals surface area contributed by atoms with Crippen molar-refractivity contribution in [2.45, 2.75) is 251 Å². The molecule has 0 aromatic carbocycles. The van der Waals surface area contributed by atoms with E-state index in [0.717, 1.165) is 109 Å². The number of nitrogens with one attached hydrogen (secondary N) is 1. The average Bonchev–Trinajstić information content (AvgIpc) is 3.24. The summed E-state index contributed by atoms with van der Waals surface area (Å²) < 4.78 is 5.91. The highest BCUT2D eigenvalue weighted by molar-refractivity contribution is 5.77. The van der Waals surface area contributed by atoms with Crippen LogP contribution < -0.4 is 5.32 Å². The lowest BCUT2D eigenvalue weighted by molar-refractivity contribution is -0.151. The van der Waals surface area contributed by atoms with Crippen LogP contribution in [-0.4, -0.2) is 46.9 Å². The Labute approximate surface area is 371 Å². The van der Waals surface area contributed by atoms with Gasteiger partial charge in [0.2, 0.25) is 5.91 Å². The maximum Gasteiger partial charge on any atom is 0.306 e. The molecule has 6 heteroatoms. The van der Waals surface area contributed by atoms with Crippen LogP contribution in [0.25, 0.3) is 0 Å². The van der Waals surface area contributed by atoms with Gasteiger partial charge in [-0.25, -0.2) is 0 Å². The lowest BCUT2D eigenvalue weighted by Gasteiger charge is -2.24. The van der Waals surface area contributed by atoms with Crippen LogP contribution in [0.4, 0.5) is 0 Å². The molecule has 0 aromatic heterocycles. The second kappa shape index (κ2) is 47.4. The normalized spacial score (nSPS) is 13.9. The van der Waals surface area contributed by atoms with E-state index in [9.17, 15) is 19.8 Å².